The van der Waals surface area contributed by atoms with Crippen LogP contribution in [0.3, 0.4) is 0 Å². The van der Waals surface area contributed by atoms with Crippen molar-refractivity contribution in [2.75, 3.05) is 37.6 Å². The lowest BCUT2D eigenvalue weighted by atomic mass is 10.2. The van der Waals surface area contributed by atoms with Gasteiger partial charge in [-0.05, 0) is 55.2 Å². The number of carbonyl (C=O) groups excluding carboxylic acids is 1. The number of halogens is 1. The average Bonchev–Trinajstić information content (AvgIpc) is 3.63. The largest absolute Gasteiger partial charge is 0.481 e. The first-order chi connectivity index (χ1) is 18.8. The van der Waals surface area contributed by atoms with Crippen molar-refractivity contribution in [1.29, 1.82) is 0 Å². The first-order valence-electron chi connectivity index (χ1n) is 13.3. The highest BCUT2D eigenvalue weighted by Gasteiger charge is 2.27. The second-order valence-corrected chi connectivity index (χ2v) is 13.3. The van der Waals surface area contributed by atoms with E-state index in [0.717, 1.165) is 58.6 Å². The molecule has 2 atom stereocenters. The van der Waals surface area contributed by atoms with Crippen molar-refractivity contribution in [1.82, 2.24) is 24.8 Å². The summed E-state index contributed by atoms with van der Waals surface area (Å²) in [7, 11) is 0. The van der Waals surface area contributed by atoms with Crippen molar-refractivity contribution >= 4 is 56.2 Å². The maximum atomic E-state index is 13.2. The minimum absolute atomic E-state index is 0.0886. The molecule has 9 nitrogen and oxygen atoms in total. The first kappa shape index (κ1) is 28.3. The molecule has 2 aliphatic heterocycles. The number of hydrogen-bond donors (Lipinski definition) is 1. The number of carboxylic acid groups (broad SMARTS) is 1. The van der Waals surface area contributed by atoms with Gasteiger partial charge in [0.25, 0.3) is 0 Å². The molecular formula is C27H33BrN6O3S2. The van der Waals surface area contributed by atoms with Gasteiger partial charge in [-0.3, -0.25) is 19.4 Å². The molecule has 0 radical (unpaired) electrons. The molecule has 2 aliphatic rings. The predicted molar refractivity (Wildman–Crippen MR) is 158 cm³/mol. The monoisotopic (exact) mass is 632 g/mol. The number of nitrogens with zero attached hydrogens (tertiary/aromatic N) is 6. The zero-order chi connectivity index (χ0) is 27.5. The number of aromatic nitrogens is 3. The average molecular weight is 634 g/mol. The molecule has 0 aliphatic carbocycles. The topological polar surface area (TPSA) is 103 Å². The third-order valence-electron chi connectivity index (χ3n) is 7.46. The second kappa shape index (κ2) is 12.5. The number of aliphatic carboxylic acids is 1. The Balaban J connectivity index is 1.25. The number of likely N-dealkylation sites (tertiary alicyclic amines) is 1. The number of hydrogen-bond acceptors (Lipinski definition) is 10. The van der Waals surface area contributed by atoms with Gasteiger partial charge in [-0.15, -0.1) is 22.7 Å². The number of Topliss-reactive ketones (excluding diaryl/α,β-unsaturated/α-hetero) is 1. The highest BCUT2D eigenvalue weighted by Crippen LogP contribution is 2.36. The van der Waals surface area contributed by atoms with E-state index in [4.69, 9.17) is 10.1 Å². The summed E-state index contributed by atoms with van der Waals surface area (Å²) in [6.45, 7) is 9.15. The molecule has 1 N–H and O–H groups in total. The molecule has 3 aromatic rings. The summed E-state index contributed by atoms with van der Waals surface area (Å²) >= 11 is 6.85. The van der Waals surface area contributed by atoms with Gasteiger partial charge in [0.15, 0.2) is 5.78 Å². The fraction of sp³-hybridized carbons (Fsp3) is 0.519. The van der Waals surface area contributed by atoms with Crippen molar-refractivity contribution in [3.8, 4) is 10.6 Å². The maximum Gasteiger partial charge on any atom is 0.304 e. The van der Waals surface area contributed by atoms with Gasteiger partial charge < -0.3 is 10.0 Å². The van der Waals surface area contributed by atoms with Crippen LogP contribution in [0.15, 0.2) is 28.3 Å². The number of carboxylic acids is 1. The Morgan fingerprint density at radius 1 is 1.15 bits per heavy atom. The van der Waals surface area contributed by atoms with Gasteiger partial charge in [0.1, 0.15) is 16.5 Å². The Morgan fingerprint density at radius 2 is 2.00 bits per heavy atom. The molecule has 5 heterocycles. The molecule has 0 aromatic carbocycles. The third-order valence-corrected chi connectivity index (χ3v) is 10.2. The molecule has 0 unspecified atom stereocenters. The molecular weight excluding hydrogens is 600 g/mol. The SMILES string of the molecule is C[C@@H]1CCCN1Cc1sc(CC(=O)c2cnc(N3CCN(CCC(=O)O)C[C@@H]3C)cn2)nc1-c1cc(Br)cs1. The van der Waals surface area contributed by atoms with Crippen molar-refractivity contribution in [2.24, 2.45) is 0 Å². The molecule has 208 valence electrons. The fourth-order valence-electron chi connectivity index (χ4n) is 5.30. The summed E-state index contributed by atoms with van der Waals surface area (Å²) in [6.07, 6.45) is 6.03. The number of thiophene rings is 1. The molecule has 0 amide bonds. The molecule has 12 heteroatoms. The minimum Gasteiger partial charge on any atom is -0.481 e. The number of ketones is 1. The normalized spacial score (nSPS) is 20.5. The Hall–Kier alpha value is -2.25. The van der Waals surface area contributed by atoms with Gasteiger partial charge in [-0.25, -0.2) is 15.0 Å². The van der Waals surface area contributed by atoms with Gasteiger partial charge in [0, 0.05) is 59.5 Å². The molecule has 0 saturated carbocycles. The lowest BCUT2D eigenvalue weighted by Gasteiger charge is -2.40. The van der Waals surface area contributed by atoms with Crippen LogP contribution in [0.2, 0.25) is 0 Å². The Kier molecular flexibility index (Phi) is 9.07. The number of anilines is 1. The summed E-state index contributed by atoms with van der Waals surface area (Å²) < 4.78 is 1.04. The predicted octanol–water partition coefficient (Wildman–Crippen LogP) is 4.82. The van der Waals surface area contributed by atoms with E-state index in [0.29, 0.717) is 18.3 Å². The smallest absolute Gasteiger partial charge is 0.304 e. The summed E-state index contributed by atoms with van der Waals surface area (Å²) in [5.74, 6) is -0.129. The maximum absolute atomic E-state index is 13.2. The summed E-state index contributed by atoms with van der Waals surface area (Å²) in [5.41, 5.74) is 1.33. The van der Waals surface area contributed by atoms with Crippen LogP contribution in [0.5, 0.6) is 0 Å². The molecule has 0 bridgehead atoms. The highest BCUT2D eigenvalue weighted by molar-refractivity contribution is 9.10. The Labute approximate surface area is 245 Å². The molecule has 3 aromatic heterocycles. The number of rotatable bonds is 10. The Bertz CT molecular complexity index is 1310. The summed E-state index contributed by atoms with van der Waals surface area (Å²) in [6, 6.07) is 2.83. The summed E-state index contributed by atoms with van der Waals surface area (Å²) in [4.78, 5) is 47.2. The van der Waals surface area contributed by atoms with E-state index in [1.807, 2.05) is 0 Å². The quantitative estimate of drug-likeness (QED) is 0.315. The van der Waals surface area contributed by atoms with Gasteiger partial charge >= 0.3 is 5.97 Å². The van der Waals surface area contributed by atoms with E-state index < -0.39 is 5.97 Å². The van der Waals surface area contributed by atoms with Crippen LogP contribution in [0, 0.1) is 0 Å². The zero-order valence-corrected chi connectivity index (χ0v) is 25.4. The van der Waals surface area contributed by atoms with Crippen LogP contribution >= 0.6 is 38.6 Å². The van der Waals surface area contributed by atoms with Crippen molar-refractivity contribution in [2.45, 2.75) is 58.2 Å². The van der Waals surface area contributed by atoms with E-state index in [1.54, 1.807) is 35.1 Å². The number of piperazine rings is 1. The van der Waals surface area contributed by atoms with Crippen LogP contribution in [-0.4, -0.2) is 86.4 Å². The fourth-order valence-corrected chi connectivity index (χ4v) is 7.91. The summed E-state index contributed by atoms with van der Waals surface area (Å²) in [5, 5.41) is 11.8. The first-order valence-corrected chi connectivity index (χ1v) is 15.8. The zero-order valence-electron chi connectivity index (χ0n) is 22.2. The van der Waals surface area contributed by atoms with Crippen molar-refractivity contribution in [3.63, 3.8) is 0 Å². The van der Waals surface area contributed by atoms with E-state index in [9.17, 15) is 9.59 Å². The van der Waals surface area contributed by atoms with Crippen LogP contribution in [0.25, 0.3) is 10.6 Å². The van der Waals surface area contributed by atoms with Gasteiger partial charge in [-0.1, -0.05) is 0 Å². The van der Waals surface area contributed by atoms with Crippen molar-refractivity contribution < 1.29 is 14.7 Å². The van der Waals surface area contributed by atoms with E-state index >= 15 is 0 Å². The molecule has 2 saturated heterocycles. The molecule has 0 spiro atoms. The second-order valence-electron chi connectivity index (χ2n) is 10.3. The van der Waals surface area contributed by atoms with Gasteiger partial charge in [0.2, 0.25) is 0 Å². The molecule has 2 fully saturated rings. The third kappa shape index (κ3) is 6.91. The van der Waals surface area contributed by atoms with Crippen LogP contribution in [0.4, 0.5) is 5.82 Å². The van der Waals surface area contributed by atoms with Crippen LogP contribution in [0.1, 0.15) is 53.5 Å². The Morgan fingerprint density at radius 3 is 2.64 bits per heavy atom. The van der Waals surface area contributed by atoms with Gasteiger partial charge in [-0.2, -0.15) is 0 Å². The lowest BCUT2D eigenvalue weighted by Crippen LogP contribution is -2.52. The molecule has 5 rings (SSSR count). The van der Waals surface area contributed by atoms with Crippen LogP contribution in [-0.2, 0) is 17.8 Å². The highest BCUT2D eigenvalue weighted by atomic mass is 79.9. The van der Waals surface area contributed by atoms with Crippen LogP contribution < -0.4 is 4.90 Å². The standard InChI is InChI=1S/C27H33BrN6O3S2/c1-17-4-3-6-33(17)15-23-27(22-10-19(28)16-38-22)31-25(39-23)11-21(35)20-12-30-24(13-29-20)34-9-8-32(14-18(34)2)7-5-26(36)37/h10,12-13,16-18H,3-9,11,14-15H2,1-2H3,(H,36,37)/t17-,18+/m1/s1. The lowest BCUT2D eigenvalue weighted by molar-refractivity contribution is -0.137. The van der Waals surface area contributed by atoms with Crippen molar-refractivity contribution in [3.05, 3.63) is 43.9 Å². The number of carbonyl (C=O) groups is 2. The van der Waals surface area contributed by atoms with E-state index in [-0.39, 0.29) is 24.7 Å². The number of thiazole rings is 1. The molecule has 39 heavy (non-hydrogen) atoms. The van der Waals surface area contributed by atoms with E-state index in [1.165, 1.54) is 17.7 Å². The van der Waals surface area contributed by atoms with E-state index in [2.05, 4.69) is 65.9 Å². The van der Waals surface area contributed by atoms with Gasteiger partial charge in [0.05, 0.1) is 35.8 Å². The minimum atomic E-state index is -0.776.